The highest BCUT2D eigenvalue weighted by atomic mass is 16.6. The predicted octanol–water partition coefficient (Wildman–Crippen LogP) is 5.30. The summed E-state index contributed by atoms with van der Waals surface area (Å²) in [7, 11) is 3.91. The first-order chi connectivity index (χ1) is 19.9. The van der Waals surface area contributed by atoms with E-state index < -0.39 is 11.7 Å². The van der Waals surface area contributed by atoms with E-state index in [1.165, 1.54) is 11.1 Å². The smallest absolute Gasteiger partial charge is 0.416 e. The SMILES string of the molecule is Cc1cc(OCCN(C)C)c2oc3cc(Oc4ccc(N(CCOC=O)C(=O)OC(C)(C)C)nc4)ccc3c(=O)c2c1. The number of hydrogen-bond donors (Lipinski definition) is 0. The van der Waals surface area contributed by atoms with E-state index in [1.807, 2.05) is 32.0 Å². The van der Waals surface area contributed by atoms with Crippen LogP contribution in [0.4, 0.5) is 10.6 Å². The Kier molecular flexibility index (Phi) is 9.31. The number of carbonyl (C=O) groups excluding carboxylic acids is 2. The maximum Gasteiger partial charge on any atom is 0.416 e. The summed E-state index contributed by atoms with van der Waals surface area (Å²) in [5.41, 5.74) is 0.735. The van der Waals surface area contributed by atoms with Crippen LogP contribution >= 0.6 is 0 Å². The van der Waals surface area contributed by atoms with Gasteiger partial charge in [-0.2, -0.15) is 0 Å². The third-order valence-electron chi connectivity index (χ3n) is 6.00. The molecule has 2 aromatic carbocycles. The number of anilines is 1. The summed E-state index contributed by atoms with van der Waals surface area (Å²) in [4.78, 5) is 44.3. The number of amides is 1. The van der Waals surface area contributed by atoms with Gasteiger partial charge in [-0.1, -0.05) is 0 Å². The Morgan fingerprint density at radius 2 is 1.76 bits per heavy atom. The minimum Gasteiger partial charge on any atom is -0.488 e. The standard InChI is InChI=1S/C31H35N3O8/c1-20-15-24-28(36)23-9-7-21(17-25(23)41-29(24)26(16-20)39-14-11-33(5)6)40-22-8-10-27(32-18-22)34(12-13-38-19-35)30(37)42-31(2,3)4/h7-10,15-19H,11-14H2,1-6H3. The molecule has 222 valence electrons. The summed E-state index contributed by atoms with van der Waals surface area (Å²) in [5, 5.41) is 0.864. The molecule has 4 rings (SSSR count). The molecule has 42 heavy (non-hydrogen) atoms. The van der Waals surface area contributed by atoms with Gasteiger partial charge in [0.1, 0.15) is 41.7 Å². The van der Waals surface area contributed by atoms with Gasteiger partial charge in [0, 0.05) is 12.6 Å². The van der Waals surface area contributed by atoms with Gasteiger partial charge in [-0.15, -0.1) is 0 Å². The van der Waals surface area contributed by atoms with Gasteiger partial charge < -0.3 is 28.3 Å². The monoisotopic (exact) mass is 577 g/mol. The molecule has 4 aromatic rings. The molecule has 1 amide bonds. The van der Waals surface area contributed by atoms with Crippen LogP contribution in [0.2, 0.25) is 0 Å². The first-order valence-corrected chi connectivity index (χ1v) is 13.4. The fraction of sp³-hybridized carbons (Fsp3) is 0.355. The second-order valence-corrected chi connectivity index (χ2v) is 10.9. The highest BCUT2D eigenvalue weighted by Crippen LogP contribution is 2.31. The fourth-order valence-corrected chi connectivity index (χ4v) is 4.09. The Balaban J connectivity index is 1.60. The van der Waals surface area contributed by atoms with E-state index in [2.05, 4.69) is 4.98 Å². The highest BCUT2D eigenvalue weighted by Gasteiger charge is 2.24. The summed E-state index contributed by atoms with van der Waals surface area (Å²) in [6, 6.07) is 11.8. The van der Waals surface area contributed by atoms with E-state index in [0.29, 0.717) is 64.6 Å². The molecule has 0 atom stereocenters. The number of aromatic nitrogens is 1. The summed E-state index contributed by atoms with van der Waals surface area (Å²) >= 11 is 0. The van der Waals surface area contributed by atoms with Gasteiger partial charge in [0.2, 0.25) is 5.43 Å². The summed E-state index contributed by atoms with van der Waals surface area (Å²) in [6.45, 7) is 8.66. The zero-order chi connectivity index (χ0) is 30.4. The minimum atomic E-state index is -0.724. The molecule has 11 heteroatoms. The van der Waals surface area contributed by atoms with E-state index in [4.69, 9.17) is 23.4 Å². The van der Waals surface area contributed by atoms with E-state index in [1.54, 1.807) is 57.2 Å². The predicted molar refractivity (Wildman–Crippen MR) is 159 cm³/mol. The van der Waals surface area contributed by atoms with Gasteiger partial charge in [0.15, 0.2) is 11.3 Å². The molecule has 0 aliphatic rings. The Morgan fingerprint density at radius 1 is 1.00 bits per heavy atom. The Morgan fingerprint density at radius 3 is 2.43 bits per heavy atom. The van der Waals surface area contributed by atoms with Crippen molar-refractivity contribution in [3.8, 4) is 17.2 Å². The van der Waals surface area contributed by atoms with Crippen molar-refractivity contribution in [1.82, 2.24) is 9.88 Å². The maximum atomic E-state index is 13.3. The van der Waals surface area contributed by atoms with Crippen LogP contribution in [0.5, 0.6) is 17.2 Å². The summed E-state index contributed by atoms with van der Waals surface area (Å²) in [6.07, 6.45) is 0.822. The van der Waals surface area contributed by atoms with Crippen LogP contribution in [-0.2, 0) is 14.3 Å². The molecule has 2 heterocycles. The second kappa shape index (κ2) is 12.9. The molecule has 0 radical (unpaired) electrons. The number of hydrogen-bond acceptors (Lipinski definition) is 10. The lowest BCUT2D eigenvalue weighted by Gasteiger charge is -2.26. The summed E-state index contributed by atoms with van der Waals surface area (Å²) in [5.74, 6) is 1.60. The number of carbonyl (C=O) groups is 2. The van der Waals surface area contributed by atoms with Crippen LogP contribution in [0.15, 0.2) is 57.9 Å². The lowest BCUT2D eigenvalue weighted by Crippen LogP contribution is -2.39. The van der Waals surface area contributed by atoms with Crippen molar-refractivity contribution in [2.45, 2.75) is 33.3 Å². The first kappa shape index (κ1) is 30.3. The lowest BCUT2D eigenvalue weighted by molar-refractivity contribution is -0.128. The van der Waals surface area contributed by atoms with Crippen LogP contribution in [0.1, 0.15) is 26.3 Å². The van der Waals surface area contributed by atoms with E-state index in [-0.39, 0.29) is 18.6 Å². The largest absolute Gasteiger partial charge is 0.488 e. The average Bonchev–Trinajstić information content (AvgIpc) is 2.91. The number of likely N-dealkylation sites (N-methyl/N-ethyl adjacent to an activating group) is 1. The second-order valence-electron chi connectivity index (χ2n) is 10.9. The van der Waals surface area contributed by atoms with Crippen LogP contribution in [0.3, 0.4) is 0 Å². The number of benzene rings is 2. The van der Waals surface area contributed by atoms with Crippen molar-refractivity contribution in [1.29, 1.82) is 0 Å². The molecular weight excluding hydrogens is 542 g/mol. The highest BCUT2D eigenvalue weighted by molar-refractivity contribution is 5.93. The lowest BCUT2D eigenvalue weighted by atomic mass is 10.1. The van der Waals surface area contributed by atoms with Crippen molar-refractivity contribution >= 4 is 40.3 Å². The molecule has 0 unspecified atom stereocenters. The third kappa shape index (κ3) is 7.55. The molecule has 0 N–H and O–H groups in total. The third-order valence-corrected chi connectivity index (χ3v) is 6.00. The number of ether oxygens (including phenoxy) is 4. The molecular formula is C31H35N3O8. The van der Waals surface area contributed by atoms with Gasteiger partial charge in [-0.25, -0.2) is 9.78 Å². The quantitative estimate of drug-likeness (QED) is 0.132. The number of fused-ring (bicyclic) bond motifs is 2. The minimum absolute atomic E-state index is 0.0262. The van der Waals surface area contributed by atoms with Crippen molar-refractivity contribution in [2.75, 3.05) is 45.3 Å². The van der Waals surface area contributed by atoms with Crippen LogP contribution in [0, 0.1) is 6.92 Å². The zero-order valence-corrected chi connectivity index (χ0v) is 24.6. The molecule has 2 aromatic heterocycles. The van der Waals surface area contributed by atoms with Crippen molar-refractivity contribution in [3.05, 3.63) is 64.4 Å². The molecule has 11 nitrogen and oxygen atoms in total. The normalized spacial score (nSPS) is 11.5. The van der Waals surface area contributed by atoms with Crippen molar-refractivity contribution < 1.29 is 33.0 Å². The maximum absolute atomic E-state index is 13.3. The molecule has 0 saturated heterocycles. The van der Waals surface area contributed by atoms with Crippen LogP contribution in [0.25, 0.3) is 21.9 Å². The van der Waals surface area contributed by atoms with Gasteiger partial charge >= 0.3 is 6.09 Å². The number of pyridine rings is 1. The van der Waals surface area contributed by atoms with Crippen molar-refractivity contribution in [3.63, 3.8) is 0 Å². The van der Waals surface area contributed by atoms with Gasteiger partial charge in [0.25, 0.3) is 6.47 Å². The topological polar surface area (TPSA) is 121 Å². The van der Waals surface area contributed by atoms with E-state index >= 15 is 0 Å². The molecule has 0 bridgehead atoms. The van der Waals surface area contributed by atoms with Crippen LogP contribution < -0.4 is 19.8 Å². The average molecular weight is 578 g/mol. The van der Waals surface area contributed by atoms with Gasteiger partial charge in [-0.05, 0) is 83.8 Å². The van der Waals surface area contributed by atoms with Crippen molar-refractivity contribution in [2.24, 2.45) is 0 Å². The molecule has 0 spiro atoms. The number of rotatable bonds is 11. The van der Waals surface area contributed by atoms with Gasteiger partial charge in [0.05, 0.1) is 23.5 Å². The molecule has 0 saturated carbocycles. The summed E-state index contributed by atoms with van der Waals surface area (Å²) < 4.78 is 28.4. The molecule has 0 aliphatic carbocycles. The van der Waals surface area contributed by atoms with Crippen LogP contribution in [-0.4, -0.2) is 68.4 Å². The zero-order valence-electron chi connectivity index (χ0n) is 24.6. The number of nitrogens with zero attached hydrogens (tertiary/aromatic N) is 3. The molecule has 0 aliphatic heterocycles. The fourth-order valence-electron chi connectivity index (χ4n) is 4.09. The Labute approximate surface area is 243 Å². The molecule has 0 fully saturated rings. The Bertz CT molecular complexity index is 1620. The van der Waals surface area contributed by atoms with E-state index in [0.717, 1.165) is 5.56 Å². The number of aryl methyl sites for hydroxylation is 1. The van der Waals surface area contributed by atoms with E-state index in [9.17, 15) is 14.4 Å². The van der Waals surface area contributed by atoms with Gasteiger partial charge in [-0.3, -0.25) is 14.5 Å². The first-order valence-electron chi connectivity index (χ1n) is 13.4. The Hall–Kier alpha value is -4.64.